The molecule has 0 bridgehead atoms. The van der Waals surface area contributed by atoms with Gasteiger partial charge in [-0.25, -0.2) is 0 Å². The Morgan fingerprint density at radius 1 is 1.27 bits per heavy atom. The number of ether oxygens (including phenoxy) is 1. The highest BCUT2D eigenvalue weighted by molar-refractivity contribution is 4.68. The summed E-state index contributed by atoms with van der Waals surface area (Å²) < 4.78 is 5.35. The Balaban J connectivity index is 3.51. The summed E-state index contributed by atoms with van der Waals surface area (Å²) in [4.78, 5) is 0. The van der Waals surface area contributed by atoms with E-state index in [1.165, 1.54) is 0 Å². The molecule has 2 heteroatoms. The first-order valence-electron chi connectivity index (χ1n) is 4.53. The fourth-order valence-electron chi connectivity index (χ4n) is 0.994. The van der Waals surface area contributed by atoms with Crippen molar-refractivity contribution in [2.24, 2.45) is 5.92 Å². The minimum atomic E-state index is 0.514. The molecule has 0 aliphatic carbocycles. The van der Waals surface area contributed by atoms with E-state index in [1.807, 2.05) is 6.92 Å². The average Bonchev–Trinajstić information content (AvgIpc) is 1.97. The molecule has 0 rings (SSSR count). The maximum atomic E-state index is 5.35. The van der Waals surface area contributed by atoms with Crippen LogP contribution in [0.5, 0.6) is 0 Å². The van der Waals surface area contributed by atoms with E-state index in [2.05, 4.69) is 26.1 Å². The number of hydrogen-bond donors (Lipinski definition) is 1. The molecule has 0 aromatic carbocycles. The third kappa shape index (κ3) is 5.22. The standard InChI is InChI=1S/C9H21NO/c1-5-10-9(8(3)4)7-11-6-2/h8-10H,5-7H2,1-4H3. The molecule has 0 saturated carbocycles. The molecular weight excluding hydrogens is 138 g/mol. The van der Waals surface area contributed by atoms with Crippen LogP contribution in [0.4, 0.5) is 0 Å². The highest BCUT2D eigenvalue weighted by atomic mass is 16.5. The topological polar surface area (TPSA) is 21.3 Å². The second-order valence-electron chi connectivity index (χ2n) is 3.07. The van der Waals surface area contributed by atoms with Crippen LogP contribution in [-0.4, -0.2) is 25.8 Å². The molecule has 1 N–H and O–H groups in total. The molecule has 0 amide bonds. The lowest BCUT2D eigenvalue weighted by molar-refractivity contribution is 0.109. The van der Waals surface area contributed by atoms with Crippen molar-refractivity contribution in [3.05, 3.63) is 0 Å². The molecule has 2 nitrogen and oxygen atoms in total. The van der Waals surface area contributed by atoms with Gasteiger partial charge in [-0.15, -0.1) is 0 Å². The second kappa shape index (κ2) is 6.62. The van der Waals surface area contributed by atoms with E-state index in [0.717, 1.165) is 19.8 Å². The predicted molar refractivity (Wildman–Crippen MR) is 48.8 cm³/mol. The van der Waals surface area contributed by atoms with Crippen molar-refractivity contribution in [1.82, 2.24) is 5.32 Å². The van der Waals surface area contributed by atoms with Gasteiger partial charge in [0.05, 0.1) is 6.61 Å². The predicted octanol–water partition coefficient (Wildman–Crippen LogP) is 1.66. The van der Waals surface area contributed by atoms with Crippen LogP contribution in [0.25, 0.3) is 0 Å². The maximum absolute atomic E-state index is 5.35. The SMILES string of the molecule is CCNC(COCC)C(C)C. The summed E-state index contributed by atoms with van der Waals surface area (Å²) in [5, 5.41) is 3.39. The Hall–Kier alpha value is -0.0800. The van der Waals surface area contributed by atoms with Gasteiger partial charge in [-0.1, -0.05) is 20.8 Å². The van der Waals surface area contributed by atoms with Crippen molar-refractivity contribution in [1.29, 1.82) is 0 Å². The summed E-state index contributed by atoms with van der Waals surface area (Å²) in [5.41, 5.74) is 0. The molecule has 0 aliphatic rings. The Labute approximate surface area is 70.3 Å². The minimum absolute atomic E-state index is 0.514. The third-order valence-corrected chi connectivity index (χ3v) is 1.77. The quantitative estimate of drug-likeness (QED) is 0.636. The number of rotatable bonds is 6. The summed E-state index contributed by atoms with van der Waals surface area (Å²) >= 11 is 0. The van der Waals surface area contributed by atoms with E-state index >= 15 is 0 Å². The van der Waals surface area contributed by atoms with Gasteiger partial charge < -0.3 is 10.1 Å². The molecule has 0 aromatic rings. The third-order valence-electron chi connectivity index (χ3n) is 1.77. The molecule has 11 heavy (non-hydrogen) atoms. The molecule has 0 aliphatic heterocycles. The van der Waals surface area contributed by atoms with Crippen LogP contribution >= 0.6 is 0 Å². The second-order valence-corrected chi connectivity index (χ2v) is 3.07. The lowest BCUT2D eigenvalue weighted by Gasteiger charge is -2.21. The van der Waals surface area contributed by atoms with Gasteiger partial charge in [0, 0.05) is 12.6 Å². The normalized spacial score (nSPS) is 13.9. The van der Waals surface area contributed by atoms with E-state index in [0.29, 0.717) is 12.0 Å². The van der Waals surface area contributed by atoms with Crippen LogP contribution in [0, 0.1) is 5.92 Å². The molecular formula is C9H21NO. The van der Waals surface area contributed by atoms with Crippen molar-refractivity contribution in [2.45, 2.75) is 33.7 Å². The number of nitrogens with one attached hydrogen (secondary N) is 1. The van der Waals surface area contributed by atoms with Gasteiger partial charge in [-0.2, -0.15) is 0 Å². The van der Waals surface area contributed by atoms with E-state index < -0.39 is 0 Å². The van der Waals surface area contributed by atoms with Gasteiger partial charge >= 0.3 is 0 Å². The highest BCUT2D eigenvalue weighted by Gasteiger charge is 2.10. The maximum Gasteiger partial charge on any atom is 0.0621 e. The van der Waals surface area contributed by atoms with Gasteiger partial charge in [0.2, 0.25) is 0 Å². The van der Waals surface area contributed by atoms with E-state index in [4.69, 9.17) is 4.74 Å². The molecule has 0 spiro atoms. The highest BCUT2D eigenvalue weighted by Crippen LogP contribution is 2.01. The summed E-state index contributed by atoms with van der Waals surface area (Å²) in [6.07, 6.45) is 0. The van der Waals surface area contributed by atoms with Gasteiger partial charge in [0.25, 0.3) is 0 Å². The molecule has 68 valence electrons. The molecule has 1 unspecified atom stereocenters. The average molecular weight is 159 g/mol. The largest absolute Gasteiger partial charge is 0.380 e. The Morgan fingerprint density at radius 3 is 2.27 bits per heavy atom. The molecule has 0 radical (unpaired) electrons. The van der Waals surface area contributed by atoms with Crippen molar-refractivity contribution >= 4 is 0 Å². The molecule has 1 atom stereocenters. The zero-order valence-corrected chi connectivity index (χ0v) is 8.18. The van der Waals surface area contributed by atoms with Crippen molar-refractivity contribution in [3.63, 3.8) is 0 Å². The summed E-state index contributed by atoms with van der Waals surface area (Å²) in [6, 6.07) is 0.514. The van der Waals surface area contributed by atoms with Crippen LogP contribution in [0.1, 0.15) is 27.7 Å². The van der Waals surface area contributed by atoms with Crippen LogP contribution in [-0.2, 0) is 4.74 Å². The minimum Gasteiger partial charge on any atom is -0.380 e. The lowest BCUT2D eigenvalue weighted by Crippen LogP contribution is -2.37. The zero-order chi connectivity index (χ0) is 8.69. The van der Waals surface area contributed by atoms with Crippen molar-refractivity contribution in [3.8, 4) is 0 Å². The van der Waals surface area contributed by atoms with Gasteiger partial charge in [-0.3, -0.25) is 0 Å². The van der Waals surface area contributed by atoms with E-state index in [1.54, 1.807) is 0 Å². The van der Waals surface area contributed by atoms with Gasteiger partial charge in [-0.05, 0) is 19.4 Å². The lowest BCUT2D eigenvalue weighted by atomic mass is 10.1. The number of likely N-dealkylation sites (N-methyl/N-ethyl adjacent to an activating group) is 1. The summed E-state index contributed by atoms with van der Waals surface area (Å²) in [6.45, 7) is 11.3. The Bertz CT molecular complexity index is 83.6. The van der Waals surface area contributed by atoms with Crippen LogP contribution in [0.3, 0.4) is 0 Å². The first-order valence-corrected chi connectivity index (χ1v) is 4.53. The van der Waals surface area contributed by atoms with Crippen molar-refractivity contribution < 1.29 is 4.74 Å². The Kier molecular flexibility index (Phi) is 6.57. The van der Waals surface area contributed by atoms with Crippen molar-refractivity contribution in [2.75, 3.05) is 19.8 Å². The fraction of sp³-hybridized carbons (Fsp3) is 1.00. The molecule has 0 saturated heterocycles. The smallest absolute Gasteiger partial charge is 0.0621 e. The first kappa shape index (κ1) is 10.9. The van der Waals surface area contributed by atoms with Gasteiger partial charge in [0.1, 0.15) is 0 Å². The van der Waals surface area contributed by atoms with Crippen LogP contribution in [0.15, 0.2) is 0 Å². The first-order chi connectivity index (χ1) is 5.22. The van der Waals surface area contributed by atoms with Gasteiger partial charge in [0.15, 0.2) is 0 Å². The number of hydrogen-bond acceptors (Lipinski definition) is 2. The summed E-state index contributed by atoms with van der Waals surface area (Å²) in [7, 11) is 0. The van der Waals surface area contributed by atoms with Crippen LogP contribution < -0.4 is 5.32 Å². The monoisotopic (exact) mass is 159 g/mol. The molecule has 0 aromatic heterocycles. The van der Waals surface area contributed by atoms with Crippen LogP contribution in [0.2, 0.25) is 0 Å². The summed E-state index contributed by atoms with van der Waals surface area (Å²) in [5.74, 6) is 0.654. The molecule has 0 fully saturated rings. The zero-order valence-electron chi connectivity index (χ0n) is 8.18. The fourth-order valence-corrected chi connectivity index (χ4v) is 0.994. The molecule has 0 heterocycles. The van der Waals surface area contributed by atoms with E-state index in [-0.39, 0.29) is 0 Å². The van der Waals surface area contributed by atoms with E-state index in [9.17, 15) is 0 Å². The Morgan fingerprint density at radius 2 is 1.91 bits per heavy atom.